The Hall–Kier alpha value is -8.46. The van der Waals surface area contributed by atoms with E-state index in [2.05, 4.69) is 229 Å². The van der Waals surface area contributed by atoms with Gasteiger partial charge in [0.05, 0.1) is 5.41 Å². The van der Waals surface area contributed by atoms with Gasteiger partial charge in [0.2, 0.25) is 0 Å². The predicted octanol–water partition coefficient (Wildman–Crippen LogP) is 21.1. The molecule has 4 aliphatic rings. The van der Waals surface area contributed by atoms with Crippen LogP contribution in [0.5, 0.6) is 0 Å². The Kier molecular flexibility index (Phi) is 10.4. The van der Waals surface area contributed by atoms with Gasteiger partial charge in [-0.3, -0.25) is 0 Å². The van der Waals surface area contributed by atoms with E-state index in [1.165, 1.54) is 164 Å². The van der Waals surface area contributed by atoms with Crippen molar-refractivity contribution in [3.05, 3.63) is 258 Å². The first-order valence-corrected chi connectivity index (χ1v) is 28.5. The summed E-state index contributed by atoms with van der Waals surface area (Å²) in [5, 5.41) is 7.25. The minimum Gasteiger partial charge on any atom is -0.456 e. The van der Waals surface area contributed by atoms with Gasteiger partial charge in [0.1, 0.15) is 11.2 Å². The van der Waals surface area contributed by atoms with Gasteiger partial charge in [-0.1, -0.05) is 196 Å². The summed E-state index contributed by atoms with van der Waals surface area (Å²) < 4.78 is 6.45. The van der Waals surface area contributed by atoms with Crippen LogP contribution in [0.25, 0.3) is 88.0 Å². The second-order valence-corrected chi connectivity index (χ2v) is 22.8. The number of anilines is 3. The first-order chi connectivity index (χ1) is 38.1. The van der Waals surface area contributed by atoms with Crippen molar-refractivity contribution in [2.24, 2.45) is 0 Å². The van der Waals surface area contributed by atoms with Crippen LogP contribution in [0.3, 0.4) is 0 Å². The summed E-state index contributed by atoms with van der Waals surface area (Å²) in [4.78, 5) is 2.49. The second-order valence-electron chi connectivity index (χ2n) is 22.8. The van der Waals surface area contributed by atoms with Gasteiger partial charge in [-0.25, -0.2) is 0 Å². The standard InChI is InChI=1S/C75H59NO/c1-3-13-48(14-4-1)58-31-37-64-65-38-32-59(49-15-5-2-6-16-49)45-71(65)75(70(64)44-58)69-21-11-9-19-63(69)66-39-35-62(47-72(66)75)76(61-36-40-74-68(46-61)67-20-10-12-22-73(67)77-74)60-33-29-51(30-34-60)53-25-26-56-43-57(28-27-55(56)42-53)54-24-23-50-17-7-8-18-52(50)41-54/h7-12,17-49H,1-6,13-16H2. The largest absolute Gasteiger partial charge is 0.456 e. The van der Waals surface area contributed by atoms with Crippen LogP contribution in [0.1, 0.15) is 109 Å². The molecule has 0 N–H and O–H groups in total. The molecule has 2 heteroatoms. The highest BCUT2D eigenvalue weighted by molar-refractivity contribution is 6.07. The third-order valence-corrected chi connectivity index (χ3v) is 18.6. The number of benzene rings is 11. The van der Waals surface area contributed by atoms with Crippen molar-refractivity contribution in [3.63, 3.8) is 0 Å². The molecule has 16 rings (SSSR count). The maximum absolute atomic E-state index is 6.45. The summed E-state index contributed by atoms with van der Waals surface area (Å²) in [5.74, 6) is 1.21. The first-order valence-electron chi connectivity index (χ1n) is 28.5. The normalized spacial score (nSPS) is 15.8. The topological polar surface area (TPSA) is 16.4 Å². The molecule has 0 amide bonds. The van der Waals surface area contributed by atoms with Crippen molar-refractivity contribution < 1.29 is 4.42 Å². The predicted molar refractivity (Wildman–Crippen MR) is 322 cm³/mol. The lowest BCUT2D eigenvalue weighted by molar-refractivity contribution is 0.443. The molecular formula is C75H59NO. The van der Waals surface area contributed by atoms with Gasteiger partial charge in [-0.15, -0.1) is 0 Å². The highest BCUT2D eigenvalue weighted by Crippen LogP contribution is 2.64. The molecule has 2 saturated carbocycles. The minimum atomic E-state index is -0.464. The minimum absolute atomic E-state index is 0.464. The Bertz CT molecular complexity index is 4250. The number of fused-ring (bicyclic) bond motifs is 15. The van der Waals surface area contributed by atoms with Gasteiger partial charge < -0.3 is 9.32 Å². The van der Waals surface area contributed by atoms with E-state index in [0.29, 0.717) is 11.8 Å². The van der Waals surface area contributed by atoms with Gasteiger partial charge in [0.15, 0.2) is 0 Å². The van der Waals surface area contributed by atoms with E-state index in [9.17, 15) is 0 Å². The second kappa shape index (κ2) is 17.8. The average molecular weight is 990 g/mol. The Morgan fingerprint density at radius 1 is 0.312 bits per heavy atom. The van der Waals surface area contributed by atoms with E-state index < -0.39 is 5.41 Å². The monoisotopic (exact) mass is 989 g/mol. The van der Waals surface area contributed by atoms with Crippen LogP contribution in [0.15, 0.2) is 229 Å². The van der Waals surface area contributed by atoms with Crippen LogP contribution in [-0.2, 0) is 5.41 Å². The molecule has 0 unspecified atom stereocenters. The fraction of sp³-hybridized carbons (Fsp3) is 0.173. The van der Waals surface area contributed by atoms with Crippen LogP contribution in [-0.4, -0.2) is 0 Å². The molecule has 11 aromatic carbocycles. The molecule has 1 heterocycles. The SMILES string of the molecule is c1ccc2c(c1)-c1ccc(N(c3ccc(-c4ccc5cc(-c6ccc7ccccc7c6)ccc5c4)cc3)c3ccc4oc5ccccc5c4c3)cc1C21c2cc(C3CCCCC3)ccc2-c2ccc(C3CCCCC3)cc21. The molecule has 0 aliphatic heterocycles. The Morgan fingerprint density at radius 2 is 0.779 bits per heavy atom. The molecule has 77 heavy (non-hydrogen) atoms. The van der Waals surface area contributed by atoms with E-state index >= 15 is 0 Å². The maximum Gasteiger partial charge on any atom is 0.135 e. The fourth-order valence-electron chi connectivity index (χ4n) is 14.8. The van der Waals surface area contributed by atoms with E-state index in [-0.39, 0.29) is 0 Å². The molecule has 4 aliphatic carbocycles. The molecule has 1 aromatic heterocycles. The molecule has 2 fully saturated rings. The number of rotatable bonds is 7. The van der Waals surface area contributed by atoms with Crippen molar-refractivity contribution in [2.45, 2.75) is 81.5 Å². The van der Waals surface area contributed by atoms with Gasteiger partial charge in [0, 0.05) is 27.8 Å². The zero-order valence-electron chi connectivity index (χ0n) is 43.4. The molecular weight excluding hydrogens is 931 g/mol. The molecule has 2 nitrogen and oxygen atoms in total. The van der Waals surface area contributed by atoms with Crippen molar-refractivity contribution in [3.8, 4) is 44.5 Å². The Morgan fingerprint density at radius 3 is 1.45 bits per heavy atom. The van der Waals surface area contributed by atoms with Crippen LogP contribution in [0, 0.1) is 0 Å². The molecule has 370 valence electrons. The third kappa shape index (κ3) is 7.14. The van der Waals surface area contributed by atoms with Crippen molar-refractivity contribution >= 4 is 60.5 Å². The summed E-state index contributed by atoms with van der Waals surface area (Å²) in [6.07, 6.45) is 13.1. The van der Waals surface area contributed by atoms with Crippen molar-refractivity contribution in [2.75, 3.05) is 4.90 Å². The highest BCUT2D eigenvalue weighted by atomic mass is 16.3. The van der Waals surface area contributed by atoms with E-state index in [1.807, 2.05) is 0 Å². The maximum atomic E-state index is 6.45. The summed E-state index contributed by atoms with van der Waals surface area (Å²) in [6, 6.07) is 85.8. The summed E-state index contributed by atoms with van der Waals surface area (Å²) >= 11 is 0. The number of hydrogen-bond donors (Lipinski definition) is 0. The number of hydrogen-bond acceptors (Lipinski definition) is 2. The number of para-hydroxylation sites is 1. The lowest BCUT2D eigenvalue weighted by Gasteiger charge is -2.33. The van der Waals surface area contributed by atoms with Crippen LogP contribution < -0.4 is 4.90 Å². The summed E-state index contributed by atoms with van der Waals surface area (Å²) in [5.41, 5.74) is 23.8. The molecule has 12 aromatic rings. The molecule has 0 bridgehead atoms. The van der Waals surface area contributed by atoms with E-state index in [4.69, 9.17) is 4.42 Å². The zero-order chi connectivity index (χ0) is 50.6. The van der Waals surface area contributed by atoms with Crippen molar-refractivity contribution in [1.29, 1.82) is 0 Å². The van der Waals surface area contributed by atoms with Gasteiger partial charge in [-0.2, -0.15) is 0 Å². The molecule has 1 spiro atoms. The van der Waals surface area contributed by atoms with E-state index in [0.717, 1.165) is 39.0 Å². The summed E-state index contributed by atoms with van der Waals surface area (Å²) in [6.45, 7) is 0. The smallest absolute Gasteiger partial charge is 0.135 e. The summed E-state index contributed by atoms with van der Waals surface area (Å²) in [7, 11) is 0. The van der Waals surface area contributed by atoms with E-state index in [1.54, 1.807) is 0 Å². The lowest BCUT2D eigenvalue weighted by atomic mass is 9.69. The number of furan rings is 1. The van der Waals surface area contributed by atoms with Gasteiger partial charge >= 0.3 is 0 Å². The lowest BCUT2D eigenvalue weighted by Crippen LogP contribution is -2.27. The molecule has 0 atom stereocenters. The van der Waals surface area contributed by atoms with Gasteiger partial charge in [-0.05, 0) is 204 Å². The first kappa shape index (κ1) is 44.8. The third-order valence-electron chi connectivity index (χ3n) is 18.6. The van der Waals surface area contributed by atoms with Crippen LogP contribution in [0.2, 0.25) is 0 Å². The van der Waals surface area contributed by atoms with Gasteiger partial charge in [0.25, 0.3) is 0 Å². The highest BCUT2D eigenvalue weighted by Gasteiger charge is 2.52. The zero-order valence-corrected chi connectivity index (χ0v) is 43.4. The van der Waals surface area contributed by atoms with Crippen LogP contribution >= 0.6 is 0 Å². The van der Waals surface area contributed by atoms with Crippen LogP contribution in [0.4, 0.5) is 17.1 Å². The Labute approximate surface area is 451 Å². The van der Waals surface area contributed by atoms with Crippen molar-refractivity contribution in [1.82, 2.24) is 0 Å². The quantitative estimate of drug-likeness (QED) is 0.158. The fourth-order valence-corrected chi connectivity index (χ4v) is 14.8. The molecule has 0 saturated heterocycles. The Balaban J connectivity index is 0.853. The number of nitrogens with zero attached hydrogens (tertiary/aromatic N) is 1. The molecule has 0 radical (unpaired) electrons. The average Bonchev–Trinajstić information content (AvgIpc) is 4.25.